The molecular weight excluding hydrogens is 384 g/mol. The Morgan fingerprint density at radius 1 is 0.800 bits per heavy atom. The van der Waals surface area contributed by atoms with E-state index in [-0.39, 0.29) is 24.1 Å². The van der Waals surface area contributed by atoms with Crippen molar-refractivity contribution in [2.45, 2.75) is 25.9 Å². The van der Waals surface area contributed by atoms with Gasteiger partial charge in [-0.2, -0.15) is 0 Å². The first kappa shape index (κ1) is 19.9. The number of nitrogens with one attached hydrogen (secondary N) is 2. The van der Waals surface area contributed by atoms with Gasteiger partial charge in [0.05, 0.1) is 25.6 Å². The van der Waals surface area contributed by atoms with E-state index in [9.17, 15) is 9.59 Å². The van der Waals surface area contributed by atoms with Crippen molar-refractivity contribution >= 4 is 23.4 Å². The molecule has 0 aromatic heterocycles. The number of methoxy groups -OCH3 is 2. The summed E-state index contributed by atoms with van der Waals surface area (Å²) in [5.41, 5.74) is 3.05. The van der Waals surface area contributed by atoms with Crippen LogP contribution >= 0.6 is 0 Å². The Morgan fingerprint density at radius 2 is 1.17 bits per heavy atom. The van der Waals surface area contributed by atoms with Crippen LogP contribution in [0, 0.1) is 0 Å². The van der Waals surface area contributed by atoms with Crippen LogP contribution in [-0.4, -0.2) is 61.3 Å². The zero-order chi connectivity index (χ0) is 21.4. The molecule has 8 nitrogen and oxygen atoms in total. The summed E-state index contributed by atoms with van der Waals surface area (Å²) in [4.78, 5) is 27.9. The molecule has 2 aliphatic heterocycles. The summed E-state index contributed by atoms with van der Waals surface area (Å²) in [6.07, 6.45) is 0. The zero-order valence-electron chi connectivity index (χ0n) is 17.6. The molecule has 4 rings (SSSR count). The minimum Gasteiger partial charge on any atom is -0.495 e. The van der Waals surface area contributed by atoms with Gasteiger partial charge in [-0.3, -0.25) is 0 Å². The van der Waals surface area contributed by atoms with Gasteiger partial charge >= 0.3 is 12.1 Å². The Labute approximate surface area is 175 Å². The Hall–Kier alpha value is -3.42. The highest BCUT2D eigenvalue weighted by atomic mass is 16.5. The summed E-state index contributed by atoms with van der Waals surface area (Å²) in [5.74, 6) is 1.14. The highest BCUT2D eigenvalue weighted by Crippen LogP contribution is 2.35. The molecule has 2 aliphatic rings. The molecule has 0 bridgehead atoms. The molecule has 2 N–H and O–H groups in total. The van der Waals surface area contributed by atoms with E-state index >= 15 is 0 Å². The molecule has 0 spiro atoms. The van der Waals surface area contributed by atoms with Gasteiger partial charge in [0.1, 0.15) is 11.5 Å². The molecule has 30 heavy (non-hydrogen) atoms. The van der Waals surface area contributed by atoms with E-state index in [0.29, 0.717) is 22.9 Å². The normalized spacial score (nSPS) is 19.2. The number of ether oxygens (including phenoxy) is 2. The van der Waals surface area contributed by atoms with Crippen molar-refractivity contribution in [1.82, 2.24) is 9.80 Å². The molecule has 2 aromatic rings. The number of rotatable bonds is 5. The average molecular weight is 410 g/mol. The third kappa shape index (κ3) is 3.98. The number of urea groups is 2. The number of hydrogen-bond donors (Lipinski definition) is 2. The smallest absolute Gasteiger partial charge is 0.322 e. The van der Waals surface area contributed by atoms with E-state index in [1.165, 1.54) is 0 Å². The minimum absolute atomic E-state index is 0.129. The van der Waals surface area contributed by atoms with Crippen molar-refractivity contribution in [2.75, 3.05) is 37.9 Å². The second-order valence-electron chi connectivity index (χ2n) is 7.69. The first-order valence-electron chi connectivity index (χ1n) is 9.93. The highest BCUT2D eigenvalue weighted by Gasteiger charge is 2.35. The molecule has 158 valence electrons. The Kier molecular flexibility index (Phi) is 5.15. The predicted octanol–water partition coefficient (Wildman–Crippen LogP) is 3.84. The van der Waals surface area contributed by atoms with E-state index in [1.807, 2.05) is 50.2 Å². The molecule has 0 saturated carbocycles. The molecular formula is C22H26N4O4. The molecule has 2 fully saturated rings. The van der Waals surface area contributed by atoms with Gasteiger partial charge in [-0.1, -0.05) is 12.1 Å². The lowest BCUT2D eigenvalue weighted by atomic mass is 10.0. The molecule has 0 radical (unpaired) electrons. The van der Waals surface area contributed by atoms with Crippen molar-refractivity contribution in [2.24, 2.45) is 0 Å². The maximum absolute atomic E-state index is 12.2. The number of amides is 4. The van der Waals surface area contributed by atoms with Crippen LogP contribution in [0.4, 0.5) is 21.0 Å². The summed E-state index contributed by atoms with van der Waals surface area (Å²) in [5, 5.41) is 5.78. The maximum Gasteiger partial charge on any atom is 0.322 e. The van der Waals surface area contributed by atoms with Gasteiger partial charge in [0.2, 0.25) is 0 Å². The molecule has 0 unspecified atom stereocenters. The number of nitrogens with zero attached hydrogens (tertiary/aromatic N) is 2. The monoisotopic (exact) mass is 410 g/mol. The van der Waals surface area contributed by atoms with Crippen molar-refractivity contribution in [1.29, 1.82) is 0 Å². The van der Waals surface area contributed by atoms with Crippen molar-refractivity contribution < 1.29 is 19.1 Å². The summed E-state index contributed by atoms with van der Waals surface area (Å²) >= 11 is 0. The van der Waals surface area contributed by atoms with Crippen LogP contribution in [0.25, 0.3) is 11.1 Å². The summed E-state index contributed by atoms with van der Waals surface area (Å²) in [6.45, 7) is 5.54. The molecule has 2 aromatic carbocycles. The quantitative estimate of drug-likeness (QED) is 0.734. The number of carbonyl (C=O) groups is 2. The van der Waals surface area contributed by atoms with Crippen molar-refractivity contribution in [3.63, 3.8) is 0 Å². The fourth-order valence-electron chi connectivity index (χ4n) is 3.36. The second kappa shape index (κ2) is 7.78. The topological polar surface area (TPSA) is 82.7 Å². The first-order valence-corrected chi connectivity index (χ1v) is 9.93. The molecule has 2 saturated heterocycles. The van der Waals surface area contributed by atoms with Gasteiger partial charge < -0.3 is 29.9 Å². The van der Waals surface area contributed by atoms with E-state index in [0.717, 1.165) is 24.2 Å². The van der Waals surface area contributed by atoms with Gasteiger partial charge in [0.15, 0.2) is 0 Å². The third-order valence-electron chi connectivity index (χ3n) is 5.46. The zero-order valence-corrected chi connectivity index (χ0v) is 17.6. The van der Waals surface area contributed by atoms with E-state index in [2.05, 4.69) is 10.6 Å². The van der Waals surface area contributed by atoms with Gasteiger partial charge in [-0.05, 0) is 49.2 Å². The van der Waals surface area contributed by atoms with Gasteiger partial charge in [0, 0.05) is 25.2 Å². The van der Waals surface area contributed by atoms with Gasteiger partial charge in [0.25, 0.3) is 0 Å². The molecule has 2 atom stereocenters. The van der Waals surface area contributed by atoms with Crippen LogP contribution in [0.15, 0.2) is 36.4 Å². The first-order chi connectivity index (χ1) is 14.4. The standard InChI is InChI=1S/C22H26N4O4/c1-13-11-25(13)21(27)23-17-7-5-15(9-19(17)29-3)16-6-8-18(20(10-16)30-4)24-22(28)26-12-14(26)2/h5-10,13-14H,11-12H2,1-4H3,(H,23,27)(H,24,28)/t13-,14+,25?,26?. The van der Waals surface area contributed by atoms with Crippen LogP contribution in [0.5, 0.6) is 11.5 Å². The lowest BCUT2D eigenvalue weighted by Crippen LogP contribution is -2.20. The molecule has 0 aliphatic carbocycles. The summed E-state index contributed by atoms with van der Waals surface area (Å²) < 4.78 is 11.0. The van der Waals surface area contributed by atoms with Crippen LogP contribution in [0.1, 0.15) is 13.8 Å². The maximum atomic E-state index is 12.2. The largest absolute Gasteiger partial charge is 0.495 e. The lowest BCUT2D eigenvalue weighted by Gasteiger charge is -2.15. The van der Waals surface area contributed by atoms with Gasteiger partial charge in [-0.15, -0.1) is 0 Å². The highest BCUT2D eigenvalue weighted by molar-refractivity contribution is 5.94. The summed E-state index contributed by atoms with van der Waals surface area (Å²) in [7, 11) is 3.14. The van der Waals surface area contributed by atoms with Crippen LogP contribution < -0.4 is 20.1 Å². The predicted molar refractivity (Wildman–Crippen MR) is 115 cm³/mol. The SMILES string of the molecule is COc1cc(-c2ccc(NC(=O)N3C[C@@H]3C)c(OC)c2)ccc1NC(=O)N1C[C@H]1C. The number of hydrogen-bond acceptors (Lipinski definition) is 4. The average Bonchev–Trinajstić information content (AvgIpc) is 3.66. The van der Waals surface area contributed by atoms with E-state index < -0.39 is 0 Å². The lowest BCUT2D eigenvalue weighted by molar-refractivity contribution is 0.239. The van der Waals surface area contributed by atoms with Crippen molar-refractivity contribution in [3.8, 4) is 22.6 Å². The van der Waals surface area contributed by atoms with E-state index in [1.54, 1.807) is 24.0 Å². The Balaban J connectivity index is 1.54. The molecule has 4 amide bonds. The number of benzene rings is 2. The van der Waals surface area contributed by atoms with Crippen LogP contribution in [0.2, 0.25) is 0 Å². The number of carbonyl (C=O) groups excluding carboxylic acids is 2. The fraction of sp³-hybridized carbons (Fsp3) is 0.364. The van der Waals surface area contributed by atoms with Gasteiger partial charge in [-0.25, -0.2) is 9.59 Å². The summed E-state index contributed by atoms with van der Waals surface area (Å²) in [6, 6.07) is 11.5. The van der Waals surface area contributed by atoms with Crippen LogP contribution in [-0.2, 0) is 0 Å². The second-order valence-corrected chi connectivity index (χ2v) is 7.69. The fourth-order valence-corrected chi connectivity index (χ4v) is 3.36. The van der Waals surface area contributed by atoms with Crippen molar-refractivity contribution in [3.05, 3.63) is 36.4 Å². The molecule has 2 heterocycles. The Bertz CT molecular complexity index is 914. The minimum atomic E-state index is -0.129. The van der Waals surface area contributed by atoms with Crippen LogP contribution in [0.3, 0.4) is 0 Å². The molecule has 8 heteroatoms. The Morgan fingerprint density at radius 3 is 1.47 bits per heavy atom. The third-order valence-corrected chi connectivity index (χ3v) is 5.46. The van der Waals surface area contributed by atoms with E-state index in [4.69, 9.17) is 9.47 Å². The number of anilines is 2.